The predicted octanol–water partition coefficient (Wildman–Crippen LogP) is 0.751. The minimum atomic E-state index is -3.10. The standard InChI is InChI=1S/C15H22ClN3O3S/c1-23(21,22)10-5-14(17)15(20)19-8-6-18(7-9-19)13-4-2-3-12(16)11-13/h2-4,11,14H,5-10,17H2,1H3. The van der Waals surface area contributed by atoms with E-state index >= 15 is 0 Å². The SMILES string of the molecule is CS(=O)(=O)CCC(N)C(=O)N1CCN(c2cccc(Cl)c2)CC1. The van der Waals surface area contributed by atoms with Gasteiger partial charge >= 0.3 is 0 Å². The van der Waals surface area contributed by atoms with Gasteiger partial charge in [-0.15, -0.1) is 0 Å². The van der Waals surface area contributed by atoms with E-state index in [0.717, 1.165) is 11.9 Å². The molecule has 1 amide bonds. The Labute approximate surface area is 142 Å². The van der Waals surface area contributed by atoms with Crippen molar-refractivity contribution in [1.82, 2.24) is 4.90 Å². The zero-order chi connectivity index (χ0) is 17.0. The number of hydrogen-bond acceptors (Lipinski definition) is 5. The first kappa shape index (κ1) is 18.0. The molecule has 1 unspecified atom stereocenters. The number of rotatable bonds is 5. The van der Waals surface area contributed by atoms with Crippen LogP contribution in [0.5, 0.6) is 0 Å². The monoisotopic (exact) mass is 359 g/mol. The molecule has 1 atom stereocenters. The molecule has 1 aliphatic heterocycles. The molecule has 1 aliphatic rings. The fourth-order valence-electron chi connectivity index (χ4n) is 2.56. The summed E-state index contributed by atoms with van der Waals surface area (Å²) < 4.78 is 22.3. The fourth-order valence-corrected chi connectivity index (χ4v) is 3.42. The van der Waals surface area contributed by atoms with Gasteiger partial charge in [-0.2, -0.15) is 0 Å². The van der Waals surface area contributed by atoms with Crippen LogP contribution in [0.1, 0.15) is 6.42 Å². The normalized spacial score (nSPS) is 17.2. The molecule has 1 heterocycles. The van der Waals surface area contributed by atoms with Gasteiger partial charge in [-0.3, -0.25) is 4.79 Å². The third-order valence-corrected chi connectivity index (χ3v) is 5.09. The summed E-state index contributed by atoms with van der Waals surface area (Å²) in [4.78, 5) is 16.1. The molecule has 0 aliphatic carbocycles. The van der Waals surface area contributed by atoms with Crippen molar-refractivity contribution in [2.24, 2.45) is 5.73 Å². The molecule has 0 radical (unpaired) electrons. The quantitative estimate of drug-likeness (QED) is 0.838. The highest BCUT2D eigenvalue weighted by atomic mass is 35.5. The molecule has 1 saturated heterocycles. The van der Waals surface area contributed by atoms with Crippen molar-refractivity contribution < 1.29 is 13.2 Å². The number of nitrogens with zero attached hydrogens (tertiary/aromatic N) is 2. The number of hydrogen-bond donors (Lipinski definition) is 1. The van der Waals surface area contributed by atoms with Crippen LogP contribution in [0.3, 0.4) is 0 Å². The van der Waals surface area contributed by atoms with Gasteiger partial charge in [-0.1, -0.05) is 17.7 Å². The smallest absolute Gasteiger partial charge is 0.239 e. The Balaban J connectivity index is 1.87. The highest BCUT2D eigenvalue weighted by Crippen LogP contribution is 2.21. The van der Waals surface area contributed by atoms with E-state index in [2.05, 4.69) is 4.90 Å². The summed E-state index contributed by atoms with van der Waals surface area (Å²) in [6, 6.07) is 6.85. The van der Waals surface area contributed by atoms with Gasteiger partial charge in [0.15, 0.2) is 0 Å². The number of carbonyl (C=O) groups excluding carboxylic acids is 1. The van der Waals surface area contributed by atoms with E-state index in [1.54, 1.807) is 4.90 Å². The Morgan fingerprint density at radius 1 is 1.30 bits per heavy atom. The summed E-state index contributed by atoms with van der Waals surface area (Å²) in [5.41, 5.74) is 6.87. The number of benzene rings is 1. The van der Waals surface area contributed by atoms with Crippen LogP contribution in [0.25, 0.3) is 0 Å². The van der Waals surface area contributed by atoms with Crippen LogP contribution in [0, 0.1) is 0 Å². The molecule has 2 N–H and O–H groups in total. The van der Waals surface area contributed by atoms with Crippen LogP contribution in [0.4, 0.5) is 5.69 Å². The summed E-state index contributed by atoms with van der Waals surface area (Å²) in [5, 5.41) is 0.684. The minimum Gasteiger partial charge on any atom is -0.368 e. The Morgan fingerprint density at radius 3 is 2.52 bits per heavy atom. The molecule has 0 aromatic heterocycles. The zero-order valence-electron chi connectivity index (χ0n) is 13.1. The lowest BCUT2D eigenvalue weighted by Crippen LogP contribution is -2.53. The molecule has 0 saturated carbocycles. The third-order valence-electron chi connectivity index (χ3n) is 3.88. The average molecular weight is 360 g/mol. The molecule has 1 aromatic rings. The Hall–Kier alpha value is -1.31. The number of halogens is 1. The lowest BCUT2D eigenvalue weighted by Gasteiger charge is -2.37. The van der Waals surface area contributed by atoms with Gasteiger partial charge in [0, 0.05) is 43.1 Å². The van der Waals surface area contributed by atoms with E-state index in [0.29, 0.717) is 31.2 Å². The second-order valence-corrected chi connectivity index (χ2v) is 8.51. The van der Waals surface area contributed by atoms with Crippen molar-refractivity contribution in [2.75, 3.05) is 43.1 Å². The van der Waals surface area contributed by atoms with Gasteiger partial charge in [-0.05, 0) is 24.6 Å². The van der Waals surface area contributed by atoms with Crippen LogP contribution < -0.4 is 10.6 Å². The van der Waals surface area contributed by atoms with Gasteiger partial charge < -0.3 is 15.5 Å². The molecule has 0 bridgehead atoms. The second-order valence-electron chi connectivity index (χ2n) is 5.82. The number of carbonyl (C=O) groups is 1. The molecule has 2 rings (SSSR count). The molecule has 23 heavy (non-hydrogen) atoms. The maximum absolute atomic E-state index is 12.3. The molecule has 8 heteroatoms. The summed E-state index contributed by atoms with van der Waals surface area (Å²) in [7, 11) is -3.10. The summed E-state index contributed by atoms with van der Waals surface area (Å²) in [6.45, 7) is 2.53. The van der Waals surface area contributed by atoms with E-state index in [1.165, 1.54) is 0 Å². The molecule has 128 valence electrons. The maximum Gasteiger partial charge on any atom is 0.239 e. The molecule has 6 nitrogen and oxygen atoms in total. The second kappa shape index (κ2) is 7.51. The summed E-state index contributed by atoms with van der Waals surface area (Å²) in [6.07, 6.45) is 1.31. The molecular weight excluding hydrogens is 338 g/mol. The first-order valence-corrected chi connectivity index (χ1v) is 9.93. The number of sulfone groups is 1. The Morgan fingerprint density at radius 2 is 1.96 bits per heavy atom. The first-order valence-electron chi connectivity index (χ1n) is 7.49. The van der Waals surface area contributed by atoms with Gasteiger partial charge in [0.25, 0.3) is 0 Å². The third kappa shape index (κ3) is 5.37. The van der Waals surface area contributed by atoms with Crippen LogP contribution >= 0.6 is 11.6 Å². The van der Waals surface area contributed by atoms with E-state index in [-0.39, 0.29) is 18.1 Å². The van der Waals surface area contributed by atoms with E-state index in [4.69, 9.17) is 17.3 Å². The molecule has 1 aromatic carbocycles. The molecule has 0 spiro atoms. The predicted molar refractivity (Wildman–Crippen MR) is 92.5 cm³/mol. The number of piperazine rings is 1. The topological polar surface area (TPSA) is 83.7 Å². The van der Waals surface area contributed by atoms with E-state index < -0.39 is 15.9 Å². The van der Waals surface area contributed by atoms with Crippen LogP contribution in [-0.2, 0) is 14.6 Å². The fraction of sp³-hybridized carbons (Fsp3) is 0.533. The van der Waals surface area contributed by atoms with Crippen molar-refractivity contribution in [3.63, 3.8) is 0 Å². The maximum atomic E-state index is 12.3. The minimum absolute atomic E-state index is 0.0671. The van der Waals surface area contributed by atoms with E-state index in [1.807, 2.05) is 24.3 Å². The number of nitrogens with two attached hydrogens (primary N) is 1. The van der Waals surface area contributed by atoms with E-state index in [9.17, 15) is 13.2 Å². The van der Waals surface area contributed by atoms with Gasteiger partial charge in [0.1, 0.15) is 9.84 Å². The van der Waals surface area contributed by atoms with Gasteiger partial charge in [0.05, 0.1) is 11.8 Å². The van der Waals surface area contributed by atoms with Crippen LogP contribution in [-0.4, -0.2) is 63.5 Å². The van der Waals surface area contributed by atoms with Crippen molar-refractivity contribution >= 4 is 33.0 Å². The van der Waals surface area contributed by atoms with Crippen LogP contribution in [0.2, 0.25) is 5.02 Å². The lowest BCUT2D eigenvalue weighted by molar-refractivity contribution is -0.132. The highest BCUT2D eigenvalue weighted by Gasteiger charge is 2.26. The zero-order valence-corrected chi connectivity index (χ0v) is 14.7. The van der Waals surface area contributed by atoms with Crippen molar-refractivity contribution in [1.29, 1.82) is 0 Å². The summed E-state index contributed by atoms with van der Waals surface area (Å²) >= 11 is 6.00. The lowest BCUT2D eigenvalue weighted by atomic mass is 10.2. The largest absolute Gasteiger partial charge is 0.368 e. The Bertz CT molecular complexity index is 658. The highest BCUT2D eigenvalue weighted by molar-refractivity contribution is 7.90. The van der Waals surface area contributed by atoms with Crippen LogP contribution in [0.15, 0.2) is 24.3 Å². The van der Waals surface area contributed by atoms with Crippen molar-refractivity contribution in [3.05, 3.63) is 29.3 Å². The summed E-state index contributed by atoms with van der Waals surface area (Å²) in [5.74, 6) is -0.248. The molecule has 1 fully saturated rings. The Kier molecular flexibility index (Phi) is 5.89. The van der Waals surface area contributed by atoms with Gasteiger partial charge in [-0.25, -0.2) is 8.42 Å². The van der Waals surface area contributed by atoms with Crippen molar-refractivity contribution in [2.45, 2.75) is 12.5 Å². The number of amides is 1. The first-order chi connectivity index (χ1) is 10.8. The average Bonchev–Trinajstić information content (AvgIpc) is 2.51. The van der Waals surface area contributed by atoms with Crippen molar-refractivity contribution in [3.8, 4) is 0 Å². The number of anilines is 1. The molecular formula is C15H22ClN3O3S. The van der Waals surface area contributed by atoms with Gasteiger partial charge in [0.2, 0.25) is 5.91 Å².